The molecular weight excluding hydrogens is 488 g/mol. The van der Waals surface area contributed by atoms with Crippen LogP contribution in [0.15, 0.2) is 71.6 Å². The Balaban J connectivity index is 1.36. The summed E-state index contributed by atoms with van der Waals surface area (Å²) in [6, 6.07) is 15.0. The molecule has 0 saturated heterocycles. The monoisotopic (exact) mass is 513 g/mol. The van der Waals surface area contributed by atoms with Crippen molar-refractivity contribution in [2.75, 3.05) is 11.3 Å². The number of hydrogen-bond acceptors (Lipinski definition) is 5. The first-order valence-electron chi connectivity index (χ1n) is 11.6. The molecule has 3 aromatic rings. The second-order valence-corrected chi connectivity index (χ2v) is 10.4. The number of hydrogen-bond donors (Lipinski definition) is 1. The van der Waals surface area contributed by atoms with Crippen LogP contribution in [0.25, 0.3) is 0 Å². The van der Waals surface area contributed by atoms with Crippen LogP contribution in [0.1, 0.15) is 64.3 Å². The van der Waals surface area contributed by atoms with Crippen LogP contribution in [0.5, 0.6) is 0 Å². The lowest BCUT2D eigenvalue weighted by Gasteiger charge is -2.22. The van der Waals surface area contributed by atoms with Crippen LogP contribution < -0.4 is 4.72 Å². The van der Waals surface area contributed by atoms with Gasteiger partial charge in [-0.15, -0.1) is 0 Å². The summed E-state index contributed by atoms with van der Waals surface area (Å²) in [5.41, 5.74) is 1.68. The lowest BCUT2D eigenvalue weighted by Crippen LogP contribution is -2.16. The lowest BCUT2D eigenvalue weighted by atomic mass is 9.84. The second-order valence-electron chi connectivity index (χ2n) is 8.72. The maximum absolute atomic E-state index is 13.4. The number of sulfonamides is 1. The third kappa shape index (κ3) is 6.15. The van der Waals surface area contributed by atoms with Crippen molar-refractivity contribution in [1.29, 1.82) is 0 Å². The topological polar surface area (TPSA) is 89.5 Å². The second kappa shape index (κ2) is 11.0. The van der Waals surface area contributed by atoms with Crippen LogP contribution in [0.3, 0.4) is 0 Å². The summed E-state index contributed by atoms with van der Waals surface area (Å²) in [5, 5.41) is 0. The summed E-state index contributed by atoms with van der Waals surface area (Å²) in [6.07, 6.45) is 6.01. The van der Waals surface area contributed by atoms with Gasteiger partial charge in [0.2, 0.25) is 0 Å². The number of benzene rings is 3. The van der Waals surface area contributed by atoms with Crippen molar-refractivity contribution < 1.29 is 31.5 Å². The number of ketones is 1. The summed E-state index contributed by atoms with van der Waals surface area (Å²) in [5.74, 6) is -3.12. The molecule has 1 aliphatic rings. The van der Waals surface area contributed by atoms with E-state index in [1.54, 1.807) is 12.1 Å². The molecule has 0 bridgehead atoms. The van der Waals surface area contributed by atoms with Crippen LogP contribution in [-0.4, -0.2) is 26.8 Å². The Morgan fingerprint density at radius 3 is 2.28 bits per heavy atom. The summed E-state index contributed by atoms with van der Waals surface area (Å²) in [7, 11) is -4.23. The first-order chi connectivity index (χ1) is 17.2. The van der Waals surface area contributed by atoms with Gasteiger partial charge in [-0.25, -0.2) is 22.0 Å². The first-order valence-corrected chi connectivity index (χ1v) is 13.1. The summed E-state index contributed by atoms with van der Waals surface area (Å²) < 4.78 is 58.9. The zero-order valence-electron chi connectivity index (χ0n) is 19.4. The molecule has 9 heteroatoms. The predicted molar refractivity (Wildman–Crippen MR) is 130 cm³/mol. The highest BCUT2D eigenvalue weighted by molar-refractivity contribution is 7.92. The standard InChI is InChI=1S/C27H25F2NO5S/c28-24-14-13-23(16-25(24)29)36(33,34)30-22-8-4-7-21(15-22)27(32)35-17-26(31)20-11-9-19(10-12-20)18-5-2-1-3-6-18/h4,7-16,18,30H,1-3,5-6,17H2. The van der Waals surface area contributed by atoms with Crippen molar-refractivity contribution in [3.05, 3.63) is 95.1 Å². The summed E-state index contributed by atoms with van der Waals surface area (Å²) >= 11 is 0. The fraction of sp³-hybridized carbons (Fsp3) is 0.259. The third-order valence-electron chi connectivity index (χ3n) is 6.20. The zero-order chi connectivity index (χ0) is 25.7. The molecule has 0 aliphatic heterocycles. The molecular formula is C27H25F2NO5S. The Labute approximate surface area is 208 Å². The van der Waals surface area contributed by atoms with Gasteiger partial charge in [0.05, 0.1) is 10.5 Å². The Morgan fingerprint density at radius 1 is 0.861 bits per heavy atom. The van der Waals surface area contributed by atoms with Gasteiger partial charge in [0.1, 0.15) is 0 Å². The lowest BCUT2D eigenvalue weighted by molar-refractivity contribution is 0.0475. The fourth-order valence-electron chi connectivity index (χ4n) is 4.24. The minimum absolute atomic E-state index is 0.0128. The van der Waals surface area contributed by atoms with Crippen molar-refractivity contribution in [3.63, 3.8) is 0 Å². The number of nitrogens with one attached hydrogen (secondary N) is 1. The molecule has 6 nitrogen and oxygen atoms in total. The third-order valence-corrected chi connectivity index (χ3v) is 7.57. The maximum atomic E-state index is 13.4. The minimum atomic E-state index is -4.23. The molecule has 0 atom stereocenters. The zero-order valence-corrected chi connectivity index (χ0v) is 20.2. The van der Waals surface area contributed by atoms with E-state index in [2.05, 4.69) is 4.72 Å². The van der Waals surface area contributed by atoms with Crippen LogP contribution >= 0.6 is 0 Å². The average Bonchev–Trinajstić information content (AvgIpc) is 2.89. The van der Waals surface area contributed by atoms with Gasteiger partial charge < -0.3 is 4.74 Å². The molecule has 3 aromatic carbocycles. The van der Waals surface area contributed by atoms with E-state index < -0.39 is 39.1 Å². The summed E-state index contributed by atoms with van der Waals surface area (Å²) in [4.78, 5) is 24.5. The van der Waals surface area contributed by atoms with Gasteiger partial charge in [-0.1, -0.05) is 49.6 Å². The first kappa shape index (κ1) is 25.5. The fourth-order valence-corrected chi connectivity index (χ4v) is 5.30. The normalized spacial score (nSPS) is 14.3. The SMILES string of the molecule is O=C(COC(=O)c1cccc(NS(=O)(=O)c2ccc(F)c(F)c2)c1)c1ccc(C2CCCCC2)cc1. The van der Waals surface area contributed by atoms with Crippen LogP contribution in [-0.2, 0) is 14.8 Å². The Hall–Kier alpha value is -3.59. The van der Waals surface area contributed by atoms with Crippen molar-refractivity contribution in [1.82, 2.24) is 0 Å². The number of halogens is 2. The molecule has 188 valence electrons. The molecule has 36 heavy (non-hydrogen) atoms. The molecule has 0 aromatic heterocycles. The van der Waals surface area contributed by atoms with E-state index >= 15 is 0 Å². The number of esters is 1. The number of carbonyl (C=O) groups is 2. The molecule has 0 amide bonds. The largest absolute Gasteiger partial charge is 0.454 e. The van der Waals surface area contributed by atoms with E-state index in [1.165, 1.54) is 49.1 Å². The van der Waals surface area contributed by atoms with Gasteiger partial charge in [-0.2, -0.15) is 0 Å². The number of anilines is 1. The molecule has 1 saturated carbocycles. The van der Waals surface area contributed by atoms with E-state index in [0.717, 1.165) is 18.9 Å². The molecule has 1 fully saturated rings. The highest BCUT2D eigenvalue weighted by Crippen LogP contribution is 2.32. The molecule has 1 N–H and O–H groups in total. The van der Waals surface area contributed by atoms with Crippen LogP contribution in [0, 0.1) is 11.6 Å². The van der Waals surface area contributed by atoms with E-state index in [1.807, 2.05) is 12.1 Å². The van der Waals surface area contributed by atoms with Crippen molar-refractivity contribution in [2.45, 2.75) is 42.9 Å². The van der Waals surface area contributed by atoms with E-state index in [9.17, 15) is 26.8 Å². The smallest absolute Gasteiger partial charge is 0.338 e. The Kier molecular flexibility index (Phi) is 7.79. The molecule has 0 radical (unpaired) electrons. The average molecular weight is 514 g/mol. The van der Waals surface area contributed by atoms with E-state index in [0.29, 0.717) is 23.6 Å². The van der Waals surface area contributed by atoms with Crippen molar-refractivity contribution >= 4 is 27.5 Å². The van der Waals surface area contributed by atoms with Gasteiger partial charge in [0, 0.05) is 11.3 Å². The molecule has 0 spiro atoms. The van der Waals surface area contributed by atoms with Gasteiger partial charge in [0.25, 0.3) is 10.0 Å². The highest BCUT2D eigenvalue weighted by Gasteiger charge is 2.19. The molecule has 0 heterocycles. The van der Waals surface area contributed by atoms with Crippen LogP contribution in [0.4, 0.5) is 14.5 Å². The van der Waals surface area contributed by atoms with Gasteiger partial charge >= 0.3 is 5.97 Å². The number of Topliss-reactive ketones (excluding diaryl/α,β-unsaturated/α-hetero) is 1. The van der Waals surface area contributed by atoms with E-state index in [-0.39, 0.29) is 17.0 Å². The Bertz CT molecular complexity index is 1370. The molecule has 1 aliphatic carbocycles. The van der Waals surface area contributed by atoms with Crippen molar-refractivity contribution in [3.8, 4) is 0 Å². The maximum Gasteiger partial charge on any atom is 0.338 e. The van der Waals surface area contributed by atoms with E-state index in [4.69, 9.17) is 4.74 Å². The number of rotatable bonds is 8. The quantitative estimate of drug-likeness (QED) is 0.301. The van der Waals surface area contributed by atoms with Crippen molar-refractivity contribution in [2.24, 2.45) is 0 Å². The van der Waals surface area contributed by atoms with Gasteiger partial charge in [-0.3, -0.25) is 9.52 Å². The minimum Gasteiger partial charge on any atom is -0.454 e. The molecule has 4 rings (SSSR count). The highest BCUT2D eigenvalue weighted by atomic mass is 32.2. The van der Waals surface area contributed by atoms with Gasteiger partial charge in [-0.05, 0) is 60.7 Å². The number of ether oxygens (including phenoxy) is 1. The number of carbonyl (C=O) groups excluding carboxylic acids is 2. The predicted octanol–water partition coefficient (Wildman–Crippen LogP) is 5.85. The van der Waals surface area contributed by atoms with Gasteiger partial charge in [0.15, 0.2) is 24.0 Å². The Morgan fingerprint density at radius 2 is 1.58 bits per heavy atom. The summed E-state index contributed by atoms with van der Waals surface area (Å²) in [6.45, 7) is -0.466. The van der Waals surface area contributed by atoms with Crippen LogP contribution in [0.2, 0.25) is 0 Å². The molecule has 0 unspecified atom stereocenters.